The van der Waals surface area contributed by atoms with Gasteiger partial charge in [0.25, 0.3) is 0 Å². The van der Waals surface area contributed by atoms with E-state index in [2.05, 4.69) is 10.5 Å². The summed E-state index contributed by atoms with van der Waals surface area (Å²) in [6, 6.07) is 10.3. The molecule has 0 aromatic heterocycles. The van der Waals surface area contributed by atoms with Crippen molar-refractivity contribution in [2.45, 2.75) is 20.5 Å². The Morgan fingerprint density at radius 3 is 2.48 bits per heavy atom. The van der Waals surface area contributed by atoms with Crippen molar-refractivity contribution in [3.05, 3.63) is 73.2 Å². The van der Waals surface area contributed by atoms with Gasteiger partial charge in [0, 0.05) is 26.2 Å². The van der Waals surface area contributed by atoms with Gasteiger partial charge in [0.05, 0.1) is 12.1 Å². The van der Waals surface area contributed by atoms with E-state index in [0.717, 1.165) is 0 Å². The van der Waals surface area contributed by atoms with Crippen molar-refractivity contribution in [1.82, 2.24) is 5.43 Å². The number of allylic oxidation sites excluding steroid dienone is 1. The number of hydrogen-bond acceptors (Lipinski definition) is 3. The third-order valence-electron chi connectivity index (χ3n) is 5.28. The molecule has 0 saturated heterocycles. The number of halogens is 5. The highest BCUT2D eigenvalue weighted by Crippen LogP contribution is 2.59. The van der Waals surface area contributed by atoms with Gasteiger partial charge in [-0.15, -0.1) is 0 Å². The molecule has 31 heavy (non-hydrogen) atoms. The van der Waals surface area contributed by atoms with Gasteiger partial charge < -0.3 is 4.74 Å². The summed E-state index contributed by atoms with van der Waals surface area (Å²) >= 11 is 30.0. The summed E-state index contributed by atoms with van der Waals surface area (Å²) in [5.41, 5.74) is 3.58. The quantitative estimate of drug-likeness (QED) is 0.308. The van der Waals surface area contributed by atoms with Gasteiger partial charge >= 0.3 is 0 Å². The van der Waals surface area contributed by atoms with Gasteiger partial charge in [0.15, 0.2) is 0 Å². The number of hydrazone groups is 1. The summed E-state index contributed by atoms with van der Waals surface area (Å²) in [6.45, 7) is 4.11. The minimum atomic E-state index is -0.269. The SMILES string of the molecule is CC1(C)[C@H](C=C(Cl)Cl)[C@@H]1C(=O)NN=Cc1cc(Cl)ccc1OCc1c(Cl)cccc1Cl. The van der Waals surface area contributed by atoms with Crippen LogP contribution in [0.3, 0.4) is 0 Å². The lowest BCUT2D eigenvalue weighted by Crippen LogP contribution is -2.22. The maximum atomic E-state index is 12.5. The second-order valence-electron chi connectivity index (χ2n) is 7.69. The number of nitrogens with zero attached hydrogens (tertiary/aromatic N) is 1. The predicted molar refractivity (Wildman–Crippen MR) is 129 cm³/mol. The summed E-state index contributed by atoms with van der Waals surface area (Å²) in [7, 11) is 0. The molecule has 1 aliphatic rings. The highest BCUT2D eigenvalue weighted by Gasteiger charge is 2.60. The number of ether oxygens (including phenoxy) is 1. The number of benzene rings is 2. The minimum absolute atomic E-state index is 0.0434. The van der Waals surface area contributed by atoms with Crippen molar-refractivity contribution in [2.24, 2.45) is 22.4 Å². The summed E-state index contributed by atoms with van der Waals surface area (Å²) in [5, 5.41) is 5.59. The Morgan fingerprint density at radius 1 is 1.16 bits per heavy atom. The summed E-state index contributed by atoms with van der Waals surface area (Å²) in [6.07, 6.45) is 3.15. The lowest BCUT2D eigenvalue weighted by Gasteiger charge is -2.12. The van der Waals surface area contributed by atoms with Crippen LogP contribution in [0.4, 0.5) is 0 Å². The van der Waals surface area contributed by atoms with Gasteiger partial charge in [-0.2, -0.15) is 5.10 Å². The lowest BCUT2D eigenvalue weighted by atomic mass is 10.1. The van der Waals surface area contributed by atoms with Gasteiger partial charge in [-0.3, -0.25) is 4.79 Å². The molecule has 2 atom stereocenters. The highest BCUT2D eigenvalue weighted by molar-refractivity contribution is 6.55. The van der Waals surface area contributed by atoms with Crippen LogP contribution in [0.25, 0.3) is 0 Å². The van der Waals surface area contributed by atoms with Crippen molar-refractivity contribution < 1.29 is 9.53 Å². The van der Waals surface area contributed by atoms with Crippen LogP contribution in [0.2, 0.25) is 15.1 Å². The number of carbonyl (C=O) groups is 1. The normalized spacial score (nSPS) is 19.2. The van der Waals surface area contributed by atoms with Crippen LogP contribution in [0.1, 0.15) is 25.0 Å². The molecule has 164 valence electrons. The van der Waals surface area contributed by atoms with Gasteiger partial charge in [0.1, 0.15) is 16.8 Å². The standard InChI is InChI=1S/C22H19Cl5N2O2/c1-22(2)15(9-19(26)27)20(22)21(30)29-28-10-12-8-13(23)6-7-18(12)31-11-14-16(24)4-3-5-17(14)25/h3-10,15,20H,11H2,1-2H3,(H,29,30)/t15-,20-/m1/s1. The molecule has 1 aliphatic carbocycles. The number of amides is 1. The lowest BCUT2D eigenvalue weighted by molar-refractivity contribution is -0.123. The monoisotopic (exact) mass is 518 g/mol. The third-order valence-corrected chi connectivity index (χ3v) is 6.48. The van der Waals surface area contributed by atoms with Crippen LogP contribution in [-0.2, 0) is 11.4 Å². The summed E-state index contributed by atoms with van der Waals surface area (Å²) < 4.78 is 6.03. The molecule has 0 heterocycles. The fourth-order valence-electron chi connectivity index (χ4n) is 3.43. The maximum absolute atomic E-state index is 12.5. The van der Waals surface area contributed by atoms with E-state index < -0.39 is 0 Å². The van der Waals surface area contributed by atoms with E-state index in [4.69, 9.17) is 62.7 Å². The molecule has 2 aromatic carbocycles. The second kappa shape index (κ2) is 10.0. The van der Waals surface area contributed by atoms with Crippen LogP contribution >= 0.6 is 58.0 Å². The van der Waals surface area contributed by atoms with Gasteiger partial charge in [-0.1, -0.05) is 77.9 Å². The molecule has 1 amide bonds. The van der Waals surface area contributed by atoms with Crippen LogP contribution in [0.15, 0.2) is 52.1 Å². The van der Waals surface area contributed by atoms with E-state index in [1.165, 1.54) is 6.21 Å². The smallest absolute Gasteiger partial charge is 0.244 e. The molecule has 0 unspecified atom stereocenters. The Kier molecular flexibility index (Phi) is 7.82. The van der Waals surface area contributed by atoms with E-state index in [-0.39, 0.29) is 34.3 Å². The zero-order valence-electron chi connectivity index (χ0n) is 16.6. The molecule has 0 aliphatic heterocycles. The van der Waals surface area contributed by atoms with Crippen LogP contribution in [0.5, 0.6) is 5.75 Å². The number of rotatable bonds is 7. The van der Waals surface area contributed by atoms with E-state index in [9.17, 15) is 4.79 Å². The fraction of sp³-hybridized carbons (Fsp3) is 0.273. The van der Waals surface area contributed by atoms with Crippen LogP contribution in [-0.4, -0.2) is 12.1 Å². The number of nitrogens with one attached hydrogen (secondary N) is 1. The molecule has 1 fully saturated rings. The molecule has 1 saturated carbocycles. The Hall–Kier alpha value is -1.43. The molecule has 0 spiro atoms. The Bertz CT molecular complexity index is 1030. The highest BCUT2D eigenvalue weighted by atomic mass is 35.5. The van der Waals surface area contributed by atoms with Gasteiger partial charge in [-0.05, 0) is 47.7 Å². The van der Waals surface area contributed by atoms with E-state index in [0.29, 0.717) is 31.9 Å². The Labute approximate surface area is 206 Å². The number of carbonyl (C=O) groups excluding carboxylic acids is 1. The topological polar surface area (TPSA) is 50.7 Å². The molecular formula is C22H19Cl5N2O2. The minimum Gasteiger partial charge on any atom is -0.488 e. The first-order chi connectivity index (χ1) is 14.6. The van der Waals surface area contributed by atoms with Crippen molar-refractivity contribution in [3.63, 3.8) is 0 Å². The zero-order chi connectivity index (χ0) is 22.8. The van der Waals surface area contributed by atoms with E-state index >= 15 is 0 Å². The van der Waals surface area contributed by atoms with E-state index in [1.807, 2.05) is 13.8 Å². The molecule has 0 radical (unpaired) electrons. The Balaban J connectivity index is 1.69. The van der Waals surface area contributed by atoms with E-state index in [1.54, 1.807) is 42.5 Å². The molecular weight excluding hydrogens is 502 g/mol. The molecule has 4 nitrogen and oxygen atoms in total. The largest absolute Gasteiger partial charge is 0.488 e. The average Bonchev–Trinajstić information content (AvgIpc) is 3.21. The first-order valence-electron chi connectivity index (χ1n) is 9.32. The average molecular weight is 521 g/mol. The molecule has 2 aromatic rings. The molecule has 1 N–H and O–H groups in total. The first-order valence-corrected chi connectivity index (χ1v) is 11.2. The van der Waals surface area contributed by atoms with Gasteiger partial charge in [-0.25, -0.2) is 5.43 Å². The second-order valence-corrected chi connectivity index (χ2v) is 9.95. The Morgan fingerprint density at radius 2 is 1.84 bits per heavy atom. The van der Waals surface area contributed by atoms with Crippen LogP contribution < -0.4 is 10.2 Å². The van der Waals surface area contributed by atoms with Crippen molar-refractivity contribution >= 4 is 70.1 Å². The molecule has 3 rings (SSSR count). The van der Waals surface area contributed by atoms with Crippen molar-refractivity contribution in [3.8, 4) is 5.75 Å². The van der Waals surface area contributed by atoms with Gasteiger partial charge in [0.2, 0.25) is 5.91 Å². The summed E-state index contributed by atoms with van der Waals surface area (Å²) in [5.74, 6) is -0.0166. The third kappa shape index (κ3) is 5.88. The summed E-state index contributed by atoms with van der Waals surface area (Å²) in [4.78, 5) is 12.5. The molecule has 9 heteroatoms. The van der Waals surface area contributed by atoms with Crippen molar-refractivity contribution in [1.29, 1.82) is 0 Å². The predicted octanol–water partition coefficient (Wildman–Crippen LogP) is 7.27. The number of hydrogen-bond donors (Lipinski definition) is 1. The zero-order valence-corrected chi connectivity index (χ0v) is 20.4. The van der Waals surface area contributed by atoms with Crippen LogP contribution in [0, 0.1) is 17.3 Å². The first kappa shape index (κ1) is 24.2. The maximum Gasteiger partial charge on any atom is 0.244 e. The molecule has 0 bridgehead atoms. The van der Waals surface area contributed by atoms with Crippen molar-refractivity contribution in [2.75, 3.05) is 0 Å². The fourth-order valence-corrected chi connectivity index (χ4v) is 4.39.